The van der Waals surface area contributed by atoms with Crippen molar-refractivity contribution in [3.05, 3.63) is 63.8 Å². The quantitative estimate of drug-likeness (QED) is 0.320. The summed E-state index contributed by atoms with van der Waals surface area (Å²) in [4.78, 5) is 35.0. The fourth-order valence-corrected chi connectivity index (χ4v) is 7.39. The van der Waals surface area contributed by atoms with Gasteiger partial charge in [-0.3, -0.25) is 4.79 Å². The molecule has 0 spiro atoms. The maximum atomic E-state index is 15.1. The second kappa shape index (κ2) is 11.4. The van der Waals surface area contributed by atoms with E-state index in [9.17, 15) is 31.9 Å². The number of nitrogens with one attached hydrogen (secondary N) is 1. The van der Waals surface area contributed by atoms with Crippen LogP contribution in [0.25, 0.3) is 22.1 Å². The molecule has 14 heteroatoms. The number of carboxylic acids is 1. The van der Waals surface area contributed by atoms with E-state index in [2.05, 4.69) is 20.9 Å². The van der Waals surface area contributed by atoms with Crippen LogP contribution in [0.5, 0.6) is 0 Å². The summed E-state index contributed by atoms with van der Waals surface area (Å²) in [6, 6.07) is 7.49. The molecule has 4 aromatic rings. The minimum Gasteiger partial charge on any atom is -0.480 e. The third-order valence-electron chi connectivity index (χ3n) is 7.80. The molecule has 10 nitrogen and oxygen atoms in total. The highest BCUT2D eigenvalue weighted by molar-refractivity contribution is 7.91. The maximum absolute atomic E-state index is 15.1. The van der Waals surface area contributed by atoms with Gasteiger partial charge >= 0.3 is 5.97 Å². The Balaban J connectivity index is 0.000000177. The number of carboxylic acid groups (broad SMARTS) is 1. The van der Waals surface area contributed by atoms with Gasteiger partial charge in [0.05, 0.1) is 17.1 Å². The Labute approximate surface area is 243 Å². The van der Waals surface area contributed by atoms with Crippen molar-refractivity contribution in [2.75, 3.05) is 23.0 Å². The summed E-state index contributed by atoms with van der Waals surface area (Å²) < 4.78 is 70.3. The molecule has 2 aliphatic rings. The van der Waals surface area contributed by atoms with Crippen molar-refractivity contribution >= 4 is 43.7 Å². The molecule has 0 unspecified atom stereocenters. The highest BCUT2D eigenvalue weighted by Crippen LogP contribution is 2.41. The van der Waals surface area contributed by atoms with Gasteiger partial charge in [-0.2, -0.15) is 0 Å². The van der Waals surface area contributed by atoms with Gasteiger partial charge in [0, 0.05) is 36.0 Å². The van der Waals surface area contributed by atoms with E-state index in [0.29, 0.717) is 35.9 Å². The van der Waals surface area contributed by atoms with Gasteiger partial charge in [-0.15, -0.1) is 6.42 Å². The Kier molecular flexibility index (Phi) is 7.95. The Hall–Kier alpha value is -4.38. The molecule has 0 aliphatic carbocycles. The molecule has 3 aromatic heterocycles. The van der Waals surface area contributed by atoms with Gasteiger partial charge in [0.15, 0.2) is 27.1 Å². The van der Waals surface area contributed by atoms with Crippen molar-refractivity contribution < 1.29 is 35.9 Å². The highest BCUT2D eigenvalue weighted by atomic mass is 32.2. The van der Waals surface area contributed by atoms with E-state index in [4.69, 9.17) is 10.8 Å². The van der Waals surface area contributed by atoms with Gasteiger partial charge in [-0.1, -0.05) is 25.0 Å². The van der Waals surface area contributed by atoms with Crippen LogP contribution in [0.4, 0.5) is 19.0 Å². The molecule has 226 valence electrons. The Morgan fingerprint density at radius 1 is 1.30 bits per heavy atom. The minimum absolute atomic E-state index is 0.0784. The number of aliphatic carboxylic acids is 1. The van der Waals surface area contributed by atoms with Gasteiger partial charge in [-0.05, 0) is 31.0 Å². The van der Waals surface area contributed by atoms with E-state index < -0.39 is 51.2 Å². The smallest absolute Gasteiger partial charge is 0.326 e. The van der Waals surface area contributed by atoms with E-state index in [1.54, 1.807) is 24.3 Å². The van der Waals surface area contributed by atoms with Crippen molar-refractivity contribution in [1.29, 1.82) is 0 Å². The molecule has 6 rings (SSSR count). The first-order valence-electron chi connectivity index (χ1n) is 13.4. The molecule has 2 aliphatic heterocycles. The normalized spacial score (nSPS) is 23.2. The number of para-hydroxylation sites is 1. The number of rotatable bonds is 4. The second-order valence-corrected chi connectivity index (χ2v) is 12.8. The van der Waals surface area contributed by atoms with Crippen LogP contribution in [-0.2, 0) is 20.3 Å². The first-order chi connectivity index (χ1) is 20.3. The van der Waals surface area contributed by atoms with Crippen molar-refractivity contribution in [1.82, 2.24) is 15.0 Å². The summed E-state index contributed by atoms with van der Waals surface area (Å²) >= 11 is 0. The van der Waals surface area contributed by atoms with Gasteiger partial charge in [0.2, 0.25) is 0 Å². The summed E-state index contributed by atoms with van der Waals surface area (Å²) in [7, 11) is -3.23. The first-order valence-corrected chi connectivity index (χ1v) is 15.2. The molecule has 2 saturated heterocycles. The van der Waals surface area contributed by atoms with Crippen LogP contribution in [-0.4, -0.2) is 58.5 Å². The molecule has 2 N–H and O–H groups in total. The van der Waals surface area contributed by atoms with Gasteiger partial charge in [-0.25, -0.2) is 36.4 Å². The molecule has 43 heavy (non-hydrogen) atoms. The molecular weight excluding hydrogens is 589 g/mol. The number of alkyl halides is 3. The van der Waals surface area contributed by atoms with Crippen LogP contribution in [0.2, 0.25) is 0 Å². The van der Waals surface area contributed by atoms with Gasteiger partial charge in [0.25, 0.3) is 12.0 Å². The number of sulfone groups is 1. The zero-order chi connectivity index (χ0) is 31.1. The number of furan rings is 1. The number of carbonyl (C=O) groups is 1. The fourth-order valence-electron chi connectivity index (χ4n) is 5.59. The number of fused-ring (bicyclic) bond motifs is 3. The summed E-state index contributed by atoms with van der Waals surface area (Å²) in [5, 5.41) is 9.97. The third kappa shape index (κ3) is 5.69. The number of aromatic nitrogens is 3. The predicted molar refractivity (Wildman–Crippen MR) is 152 cm³/mol. The molecule has 2 fully saturated rings. The van der Waals surface area contributed by atoms with E-state index in [1.807, 2.05) is 0 Å². The van der Waals surface area contributed by atoms with E-state index in [0.717, 1.165) is 0 Å². The number of H-pyrrole nitrogens is 1. The molecule has 3 atom stereocenters. The molecule has 0 bridgehead atoms. The average Bonchev–Trinajstić information content (AvgIpc) is 3.61. The largest absolute Gasteiger partial charge is 0.480 e. The number of terminal acetylenes is 1. The van der Waals surface area contributed by atoms with Crippen LogP contribution in [0.15, 0.2) is 45.7 Å². The maximum Gasteiger partial charge on any atom is 0.326 e. The molecular formula is C29H27F3N4O6S. The zero-order valence-corrected chi connectivity index (χ0v) is 23.7. The lowest BCUT2D eigenvalue weighted by molar-refractivity contribution is -0.138. The third-order valence-corrected chi connectivity index (χ3v) is 9.64. The lowest BCUT2D eigenvalue weighted by Crippen LogP contribution is -2.44. The average molecular weight is 617 g/mol. The Morgan fingerprint density at radius 2 is 2.05 bits per heavy atom. The van der Waals surface area contributed by atoms with Gasteiger partial charge in [0.1, 0.15) is 22.8 Å². The van der Waals surface area contributed by atoms with Crippen LogP contribution in [0.1, 0.15) is 49.6 Å². The number of halogens is 3. The second-order valence-electron chi connectivity index (χ2n) is 10.6. The Bertz CT molecular complexity index is 1920. The molecule has 1 aromatic carbocycles. The number of benzene rings is 1. The monoisotopic (exact) mass is 616 g/mol. The number of nitrogens with zero attached hydrogens (tertiary/aromatic N) is 3. The summed E-state index contributed by atoms with van der Waals surface area (Å²) in [5.74, 6) is -0.476. The summed E-state index contributed by atoms with van der Waals surface area (Å²) in [6.07, 6.45) is 4.57. The van der Waals surface area contributed by atoms with E-state index in [1.165, 1.54) is 24.1 Å². The standard InChI is InChI=1S/C16H13F2N3O3.C13H14FNO3S/c17-13(18)14-19-11-8-4-1-2-6-10(8)24-12(11)15(20-14)21-7-3-5-9(21)16(22)23;1-3-10-6-11(12(16)15-7-10)13(14)4-5-19(17,18)8-9(13)2/h1-2,4,6,9,13H,3,5,7H2,(H,22,23);1,6-7,9H,4-5,8H2,2H3,(H,15,16)/t9-;9-,13+/m00/s1. The van der Waals surface area contributed by atoms with Crippen LogP contribution in [0.3, 0.4) is 0 Å². The van der Waals surface area contributed by atoms with Crippen LogP contribution < -0.4 is 10.5 Å². The lowest BCUT2D eigenvalue weighted by atomic mass is 9.82. The number of hydrogen-bond donors (Lipinski definition) is 2. The topological polar surface area (TPSA) is 146 Å². The van der Waals surface area contributed by atoms with Crippen LogP contribution in [0, 0.1) is 18.3 Å². The van der Waals surface area contributed by atoms with Crippen molar-refractivity contribution in [3.8, 4) is 12.3 Å². The van der Waals surface area contributed by atoms with Crippen molar-refractivity contribution in [2.24, 2.45) is 5.92 Å². The fraction of sp³-hybridized carbons (Fsp3) is 0.379. The molecule has 5 heterocycles. The lowest BCUT2D eigenvalue weighted by Gasteiger charge is -2.35. The molecule has 0 amide bonds. The van der Waals surface area contributed by atoms with Crippen LogP contribution >= 0.6 is 0 Å². The minimum atomic E-state index is -3.23. The zero-order valence-electron chi connectivity index (χ0n) is 22.9. The van der Waals surface area contributed by atoms with Crippen molar-refractivity contribution in [2.45, 2.75) is 44.3 Å². The Morgan fingerprint density at radius 3 is 2.72 bits per heavy atom. The number of aromatic amines is 1. The van der Waals surface area contributed by atoms with Gasteiger partial charge < -0.3 is 19.4 Å². The number of pyridine rings is 1. The number of hydrogen-bond acceptors (Lipinski definition) is 8. The highest BCUT2D eigenvalue weighted by Gasteiger charge is 2.46. The summed E-state index contributed by atoms with van der Waals surface area (Å²) in [5.41, 5.74) is -1.20. The SMILES string of the molecule is C#Cc1c[nH]c(=O)c([C@@]2(F)CCS(=O)(=O)C[C@@H]2C)c1.O=C(O)[C@@H]1CCCN1c1nc(C(F)F)nc2c1oc1ccccc12. The van der Waals surface area contributed by atoms with E-state index >= 15 is 4.39 Å². The van der Waals surface area contributed by atoms with Crippen molar-refractivity contribution in [3.63, 3.8) is 0 Å². The first kappa shape index (κ1) is 30.1. The predicted octanol–water partition coefficient (Wildman–Crippen LogP) is 4.34. The molecule has 0 radical (unpaired) electrons. The number of anilines is 1. The summed E-state index contributed by atoms with van der Waals surface area (Å²) in [6.45, 7) is 1.92. The van der Waals surface area contributed by atoms with E-state index in [-0.39, 0.29) is 40.4 Å². The molecule has 0 saturated carbocycles.